The van der Waals surface area contributed by atoms with Gasteiger partial charge in [0.1, 0.15) is 0 Å². The highest BCUT2D eigenvalue weighted by Gasteiger charge is 2.23. The third-order valence-electron chi connectivity index (χ3n) is 2.69. The van der Waals surface area contributed by atoms with Crippen LogP contribution in [0.2, 0.25) is 0 Å². The smallest absolute Gasteiger partial charge is 0.0734 e. The van der Waals surface area contributed by atoms with Gasteiger partial charge in [-0.2, -0.15) is 0 Å². The first kappa shape index (κ1) is 10.6. The van der Waals surface area contributed by atoms with E-state index in [1.807, 2.05) is 5.38 Å². The number of aliphatic hydroxyl groups is 1. The van der Waals surface area contributed by atoms with E-state index in [4.69, 9.17) is 0 Å². The summed E-state index contributed by atoms with van der Waals surface area (Å²) in [5, 5.41) is 15.3. The van der Waals surface area contributed by atoms with Crippen LogP contribution in [0.1, 0.15) is 18.4 Å². The average Bonchev–Trinajstić information content (AvgIpc) is 2.77. The van der Waals surface area contributed by atoms with E-state index in [0.717, 1.165) is 23.2 Å². The van der Waals surface area contributed by atoms with Crippen LogP contribution in [0.4, 0.5) is 0 Å². The van der Waals surface area contributed by atoms with Crippen LogP contribution in [0.3, 0.4) is 0 Å². The van der Waals surface area contributed by atoms with Crippen molar-refractivity contribution in [3.8, 4) is 0 Å². The molecule has 0 bridgehead atoms. The molecule has 2 nitrogen and oxygen atoms in total. The molecule has 1 aliphatic rings. The predicted octanol–water partition coefficient (Wildman–Crippen LogP) is 2.17. The summed E-state index contributed by atoms with van der Waals surface area (Å²) < 4.78 is 1.15. The highest BCUT2D eigenvalue weighted by Crippen LogP contribution is 2.25. The summed E-state index contributed by atoms with van der Waals surface area (Å²) in [5.41, 5.74) is 1.22. The van der Waals surface area contributed by atoms with Crippen molar-refractivity contribution in [1.29, 1.82) is 0 Å². The molecule has 78 valence electrons. The fourth-order valence-corrected chi connectivity index (χ4v) is 3.15. The number of nitrogens with one attached hydrogen (secondary N) is 1. The van der Waals surface area contributed by atoms with Crippen LogP contribution in [-0.2, 0) is 6.42 Å². The summed E-state index contributed by atoms with van der Waals surface area (Å²) >= 11 is 5.16. The highest BCUT2D eigenvalue weighted by molar-refractivity contribution is 9.11. The Labute approximate surface area is 96.5 Å². The van der Waals surface area contributed by atoms with Crippen LogP contribution in [0.15, 0.2) is 15.2 Å². The third-order valence-corrected chi connectivity index (χ3v) is 4.50. The lowest BCUT2D eigenvalue weighted by Crippen LogP contribution is -2.36. The monoisotopic (exact) mass is 275 g/mol. The van der Waals surface area contributed by atoms with E-state index in [2.05, 4.69) is 27.3 Å². The number of thiophene rings is 1. The highest BCUT2D eigenvalue weighted by atomic mass is 79.9. The van der Waals surface area contributed by atoms with Crippen LogP contribution in [0, 0.1) is 0 Å². The molecule has 1 aliphatic heterocycles. The lowest BCUT2D eigenvalue weighted by Gasteiger charge is -2.17. The molecule has 1 aromatic heterocycles. The Bertz CT molecular complexity index is 296. The molecular weight excluding hydrogens is 262 g/mol. The minimum Gasteiger partial charge on any atom is -0.391 e. The van der Waals surface area contributed by atoms with Gasteiger partial charge in [-0.3, -0.25) is 0 Å². The van der Waals surface area contributed by atoms with Gasteiger partial charge in [0, 0.05) is 12.5 Å². The summed E-state index contributed by atoms with van der Waals surface area (Å²) in [7, 11) is 0. The van der Waals surface area contributed by atoms with E-state index < -0.39 is 0 Å². The fraction of sp³-hybridized carbons (Fsp3) is 0.600. The lowest BCUT2D eigenvalue weighted by atomic mass is 10.0. The number of aliphatic hydroxyl groups excluding tert-OH is 1. The van der Waals surface area contributed by atoms with Gasteiger partial charge in [-0.15, -0.1) is 11.3 Å². The average molecular weight is 276 g/mol. The predicted molar refractivity (Wildman–Crippen MR) is 62.8 cm³/mol. The number of halogens is 1. The molecule has 0 saturated carbocycles. The molecule has 0 amide bonds. The van der Waals surface area contributed by atoms with Crippen LogP contribution >= 0.6 is 27.3 Å². The molecule has 0 spiro atoms. The van der Waals surface area contributed by atoms with Crippen molar-refractivity contribution in [1.82, 2.24) is 5.32 Å². The van der Waals surface area contributed by atoms with E-state index in [1.54, 1.807) is 11.3 Å². The Hall–Kier alpha value is 0.1000. The molecule has 0 radical (unpaired) electrons. The molecule has 1 unspecified atom stereocenters. The first-order chi connectivity index (χ1) is 6.77. The Morgan fingerprint density at radius 1 is 1.71 bits per heavy atom. The van der Waals surface area contributed by atoms with Gasteiger partial charge >= 0.3 is 0 Å². The maximum atomic E-state index is 9.97. The first-order valence-electron chi connectivity index (χ1n) is 4.90. The Balaban J connectivity index is 1.93. The molecular formula is C10H14BrNOS. The van der Waals surface area contributed by atoms with Gasteiger partial charge in [-0.05, 0) is 52.3 Å². The second kappa shape index (κ2) is 4.75. The van der Waals surface area contributed by atoms with Crippen molar-refractivity contribution < 1.29 is 5.11 Å². The van der Waals surface area contributed by atoms with Gasteiger partial charge < -0.3 is 10.4 Å². The van der Waals surface area contributed by atoms with Gasteiger partial charge in [0.2, 0.25) is 0 Å². The van der Waals surface area contributed by atoms with Crippen molar-refractivity contribution in [3.05, 3.63) is 20.8 Å². The zero-order chi connectivity index (χ0) is 9.97. The fourth-order valence-electron chi connectivity index (χ4n) is 1.87. The minimum absolute atomic E-state index is 0.247. The molecule has 0 aromatic carbocycles. The van der Waals surface area contributed by atoms with Gasteiger partial charge in [0.15, 0.2) is 0 Å². The Morgan fingerprint density at radius 2 is 2.57 bits per heavy atom. The molecule has 2 rings (SSSR count). The first-order valence-corrected chi connectivity index (χ1v) is 6.58. The second-order valence-electron chi connectivity index (χ2n) is 3.69. The molecule has 1 saturated heterocycles. The largest absolute Gasteiger partial charge is 0.391 e. The molecule has 2 N–H and O–H groups in total. The van der Waals surface area contributed by atoms with E-state index in [0.29, 0.717) is 6.04 Å². The summed E-state index contributed by atoms with van der Waals surface area (Å²) in [4.78, 5) is 0. The molecule has 4 heteroatoms. The summed E-state index contributed by atoms with van der Waals surface area (Å²) in [6, 6.07) is 2.37. The zero-order valence-electron chi connectivity index (χ0n) is 7.87. The molecule has 2 heterocycles. The maximum Gasteiger partial charge on any atom is 0.0734 e. The van der Waals surface area contributed by atoms with Crippen molar-refractivity contribution >= 4 is 27.3 Å². The molecule has 14 heavy (non-hydrogen) atoms. The molecule has 1 aromatic rings. The van der Waals surface area contributed by atoms with Crippen molar-refractivity contribution in [3.63, 3.8) is 0 Å². The van der Waals surface area contributed by atoms with Gasteiger partial charge in [0.25, 0.3) is 0 Å². The Kier molecular flexibility index (Phi) is 3.60. The molecule has 1 fully saturated rings. The van der Waals surface area contributed by atoms with Crippen molar-refractivity contribution in [2.24, 2.45) is 0 Å². The molecule has 0 aliphatic carbocycles. The van der Waals surface area contributed by atoms with Gasteiger partial charge in [-0.25, -0.2) is 0 Å². The van der Waals surface area contributed by atoms with E-state index in [1.165, 1.54) is 12.0 Å². The van der Waals surface area contributed by atoms with Crippen molar-refractivity contribution in [2.45, 2.75) is 31.4 Å². The number of hydrogen-bond acceptors (Lipinski definition) is 3. The van der Waals surface area contributed by atoms with Crippen LogP contribution in [-0.4, -0.2) is 23.8 Å². The third kappa shape index (κ3) is 2.37. The quantitative estimate of drug-likeness (QED) is 0.886. The molecule has 2 atom stereocenters. The van der Waals surface area contributed by atoms with E-state index in [-0.39, 0.29) is 6.10 Å². The number of hydrogen-bond donors (Lipinski definition) is 2. The summed E-state index contributed by atoms with van der Waals surface area (Å²) in [5.74, 6) is 0. The zero-order valence-corrected chi connectivity index (χ0v) is 10.3. The minimum atomic E-state index is -0.247. The number of rotatable bonds is 3. The maximum absolute atomic E-state index is 9.97. The van der Waals surface area contributed by atoms with E-state index in [9.17, 15) is 5.11 Å². The van der Waals surface area contributed by atoms with Crippen LogP contribution < -0.4 is 5.32 Å². The Morgan fingerprint density at radius 3 is 3.14 bits per heavy atom. The topological polar surface area (TPSA) is 32.3 Å². The summed E-state index contributed by atoms with van der Waals surface area (Å²) in [6.45, 7) is 1.05. The van der Waals surface area contributed by atoms with E-state index >= 15 is 0 Å². The van der Waals surface area contributed by atoms with Gasteiger partial charge in [-0.1, -0.05) is 0 Å². The van der Waals surface area contributed by atoms with Gasteiger partial charge in [0.05, 0.1) is 9.89 Å². The normalized spacial score (nSPS) is 24.0. The SMILES string of the molecule is OC(Cc1ccsc1Br)[C@H]1CCCN1. The lowest BCUT2D eigenvalue weighted by molar-refractivity contribution is 0.136. The second-order valence-corrected chi connectivity index (χ2v) is 5.93. The van der Waals surface area contributed by atoms with Crippen LogP contribution in [0.5, 0.6) is 0 Å². The van der Waals surface area contributed by atoms with Crippen LogP contribution in [0.25, 0.3) is 0 Å². The summed E-state index contributed by atoms with van der Waals surface area (Å²) in [6.07, 6.45) is 2.79. The standard InChI is InChI=1S/C10H14BrNOS/c11-10-7(3-5-14-10)6-9(13)8-2-1-4-12-8/h3,5,8-9,12-13H,1-2,4,6H2/t8-,9?/m1/s1. The van der Waals surface area contributed by atoms with Crippen molar-refractivity contribution in [2.75, 3.05) is 6.54 Å².